The van der Waals surface area contributed by atoms with Crippen LogP contribution in [0.3, 0.4) is 0 Å². The zero-order chi connectivity index (χ0) is 10.1. The van der Waals surface area contributed by atoms with E-state index >= 15 is 0 Å². The standard InChI is InChI=1S/C11H12BrNO/c1-7-4-10(13-6-9(7)12)11(14)5-8-2-3-8/h4,6,8H,2-3,5H2,1H3. The molecule has 1 aliphatic carbocycles. The monoisotopic (exact) mass is 253 g/mol. The van der Waals surface area contributed by atoms with Crippen molar-refractivity contribution in [3.8, 4) is 0 Å². The van der Waals surface area contributed by atoms with Gasteiger partial charge in [-0.2, -0.15) is 0 Å². The van der Waals surface area contributed by atoms with Gasteiger partial charge >= 0.3 is 0 Å². The van der Waals surface area contributed by atoms with E-state index in [1.54, 1.807) is 6.20 Å². The Balaban J connectivity index is 2.14. The number of Topliss-reactive ketones (excluding diaryl/α,β-unsaturated/α-hetero) is 1. The number of pyridine rings is 1. The number of hydrogen-bond donors (Lipinski definition) is 0. The van der Waals surface area contributed by atoms with Crippen molar-refractivity contribution in [3.63, 3.8) is 0 Å². The third-order valence-electron chi connectivity index (χ3n) is 2.50. The van der Waals surface area contributed by atoms with Crippen LogP contribution in [0.25, 0.3) is 0 Å². The van der Waals surface area contributed by atoms with Crippen molar-refractivity contribution in [2.24, 2.45) is 5.92 Å². The Bertz CT molecular complexity index is 372. The molecule has 0 aliphatic heterocycles. The summed E-state index contributed by atoms with van der Waals surface area (Å²) in [7, 11) is 0. The summed E-state index contributed by atoms with van der Waals surface area (Å²) in [6, 6.07) is 1.86. The molecule has 1 saturated carbocycles. The second-order valence-electron chi connectivity index (χ2n) is 3.89. The smallest absolute Gasteiger partial charge is 0.181 e. The first-order valence-electron chi connectivity index (χ1n) is 4.82. The van der Waals surface area contributed by atoms with Gasteiger partial charge in [0.25, 0.3) is 0 Å². The highest BCUT2D eigenvalue weighted by atomic mass is 79.9. The summed E-state index contributed by atoms with van der Waals surface area (Å²) in [5.41, 5.74) is 1.68. The first kappa shape index (κ1) is 9.84. The number of aromatic nitrogens is 1. The van der Waals surface area contributed by atoms with Crippen LogP contribution in [0.15, 0.2) is 16.7 Å². The maximum atomic E-state index is 11.7. The van der Waals surface area contributed by atoms with Crippen LogP contribution >= 0.6 is 15.9 Å². The third kappa shape index (κ3) is 2.21. The molecule has 0 atom stereocenters. The van der Waals surface area contributed by atoms with Crippen LogP contribution in [0.1, 0.15) is 35.3 Å². The first-order valence-corrected chi connectivity index (χ1v) is 5.61. The van der Waals surface area contributed by atoms with Gasteiger partial charge in [0.05, 0.1) is 0 Å². The Morgan fingerprint density at radius 1 is 1.64 bits per heavy atom. The van der Waals surface area contributed by atoms with Crippen molar-refractivity contribution in [2.75, 3.05) is 0 Å². The number of aryl methyl sites for hydroxylation is 1. The van der Waals surface area contributed by atoms with Crippen LogP contribution in [0.4, 0.5) is 0 Å². The lowest BCUT2D eigenvalue weighted by Gasteiger charge is -2.01. The predicted octanol–water partition coefficient (Wildman–Crippen LogP) is 3.14. The van der Waals surface area contributed by atoms with Crippen LogP contribution in [0.5, 0.6) is 0 Å². The molecule has 14 heavy (non-hydrogen) atoms. The molecule has 0 amide bonds. The Morgan fingerprint density at radius 2 is 2.36 bits per heavy atom. The van der Waals surface area contributed by atoms with E-state index in [-0.39, 0.29) is 5.78 Å². The molecule has 0 N–H and O–H groups in total. The molecule has 1 aromatic heterocycles. The van der Waals surface area contributed by atoms with Gasteiger partial charge in [-0.25, -0.2) is 0 Å². The Labute approximate surface area is 91.9 Å². The van der Waals surface area contributed by atoms with E-state index in [1.807, 2.05) is 13.0 Å². The van der Waals surface area contributed by atoms with Gasteiger partial charge in [-0.1, -0.05) is 0 Å². The first-order chi connectivity index (χ1) is 6.66. The highest BCUT2D eigenvalue weighted by Crippen LogP contribution is 2.33. The zero-order valence-corrected chi connectivity index (χ0v) is 9.67. The van der Waals surface area contributed by atoms with Crippen molar-refractivity contribution in [2.45, 2.75) is 26.2 Å². The molecule has 3 heteroatoms. The molecule has 0 unspecified atom stereocenters. The normalized spacial score (nSPS) is 15.6. The van der Waals surface area contributed by atoms with Crippen molar-refractivity contribution < 1.29 is 4.79 Å². The summed E-state index contributed by atoms with van der Waals surface area (Å²) < 4.78 is 0.959. The number of hydrogen-bond acceptors (Lipinski definition) is 2. The SMILES string of the molecule is Cc1cc(C(=O)CC2CC2)ncc1Br. The molecule has 74 valence electrons. The third-order valence-corrected chi connectivity index (χ3v) is 3.33. The highest BCUT2D eigenvalue weighted by Gasteiger charge is 2.25. The number of ketones is 1. The van der Waals surface area contributed by atoms with Crippen LogP contribution in [0, 0.1) is 12.8 Å². The predicted molar refractivity (Wildman–Crippen MR) is 58.3 cm³/mol. The van der Waals surface area contributed by atoms with Crippen molar-refractivity contribution >= 4 is 21.7 Å². The molecule has 1 heterocycles. The molecule has 0 spiro atoms. The van der Waals surface area contributed by atoms with E-state index in [1.165, 1.54) is 12.8 Å². The van der Waals surface area contributed by atoms with E-state index in [4.69, 9.17) is 0 Å². The molecule has 0 radical (unpaired) electrons. The second-order valence-corrected chi connectivity index (χ2v) is 4.74. The second kappa shape index (κ2) is 3.81. The lowest BCUT2D eigenvalue weighted by molar-refractivity contribution is 0.0971. The van der Waals surface area contributed by atoms with Gasteiger partial charge in [-0.15, -0.1) is 0 Å². The number of carbonyl (C=O) groups is 1. The summed E-state index contributed by atoms with van der Waals surface area (Å²) in [5, 5.41) is 0. The topological polar surface area (TPSA) is 30.0 Å². The van der Waals surface area contributed by atoms with Gasteiger partial charge in [0.2, 0.25) is 0 Å². The maximum absolute atomic E-state index is 11.7. The average molecular weight is 254 g/mol. The summed E-state index contributed by atoms with van der Waals surface area (Å²) in [4.78, 5) is 15.8. The molecule has 1 aliphatic rings. The number of rotatable bonds is 3. The van der Waals surface area contributed by atoms with Crippen LogP contribution < -0.4 is 0 Å². The Kier molecular flexibility index (Phi) is 2.68. The lowest BCUT2D eigenvalue weighted by Crippen LogP contribution is -2.03. The minimum atomic E-state index is 0.183. The summed E-state index contributed by atoms with van der Waals surface area (Å²) >= 11 is 3.37. The molecule has 0 bridgehead atoms. The molecular formula is C11H12BrNO. The molecular weight excluding hydrogens is 242 g/mol. The summed E-state index contributed by atoms with van der Waals surface area (Å²) in [5.74, 6) is 0.816. The van der Waals surface area contributed by atoms with Crippen LogP contribution in [-0.2, 0) is 0 Å². The zero-order valence-electron chi connectivity index (χ0n) is 8.09. The van der Waals surface area contributed by atoms with Gasteiger partial charge in [0.1, 0.15) is 5.69 Å². The fourth-order valence-corrected chi connectivity index (χ4v) is 1.60. The molecule has 2 rings (SSSR count). The molecule has 2 nitrogen and oxygen atoms in total. The maximum Gasteiger partial charge on any atom is 0.181 e. The van der Waals surface area contributed by atoms with Crippen molar-refractivity contribution in [1.29, 1.82) is 0 Å². The van der Waals surface area contributed by atoms with E-state index in [2.05, 4.69) is 20.9 Å². The lowest BCUT2D eigenvalue weighted by atomic mass is 10.1. The minimum Gasteiger partial charge on any atom is -0.292 e. The molecule has 0 saturated heterocycles. The number of nitrogens with zero attached hydrogens (tertiary/aromatic N) is 1. The van der Waals surface area contributed by atoms with Crippen LogP contribution in [-0.4, -0.2) is 10.8 Å². The number of halogens is 1. The Morgan fingerprint density at radius 3 is 2.93 bits per heavy atom. The fraction of sp³-hybridized carbons (Fsp3) is 0.455. The minimum absolute atomic E-state index is 0.183. The molecule has 0 aromatic carbocycles. The van der Waals surface area contributed by atoms with E-state index in [9.17, 15) is 4.79 Å². The number of carbonyl (C=O) groups excluding carboxylic acids is 1. The van der Waals surface area contributed by atoms with Crippen molar-refractivity contribution in [1.82, 2.24) is 4.98 Å². The van der Waals surface area contributed by atoms with Crippen LogP contribution in [0.2, 0.25) is 0 Å². The highest BCUT2D eigenvalue weighted by molar-refractivity contribution is 9.10. The van der Waals surface area contributed by atoms with E-state index < -0.39 is 0 Å². The molecule has 1 aromatic rings. The molecule has 1 fully saturated rings. The van der Waals surface area contributed by atoms with E-state index in [0.717, 1.165) is 10.0 Å². The average Bonchev–Trinajstić information content (AvgIpc) is 2.93. The quantitative estimate of drug-likeness (QED) is 0.775. The summed E-state index contributed by atoms with van der Waals surface area (Å²) in [6.45, 7) is 1.97. The van der Waals surface area contributed by atoms with Gasteiger partial charge in [0.15, 0.2) is 5.78 Å². The largest absolute Gasteiger partial charge is 0.292 e. The Hall–Kier alpha value is -0.700. The van der Waals surface area contributed by atoms with Gasteiger partial charge in [0, 0.05) is 17.1 Å². The van der Waals surface area contributed by atoms with Gasteiger partial charge in [-0.05, 0) is 53.2 Å². The van der Waals surface area contributed by atoms with Crippen molar-refractivity contribution in [3.05, 3.63) is 28.0 Å². The summed E-state index contributed by atoms with van der Waals surface area (Å²) in [6.07, 6.45) is 4.80. The fourth-order valence-electron chi connectivity index (χ4n) is 1.38. The van der Waals surface area contributed by atoms with E-state index in [0.29, 0.717) is 18.0 Å². The van der Waals surface area contributed by atoms with Gasteiger partial charge in [-0.3, -0.25) is 9.78 Å². The van der Waals surface area contributed by atoms with Gasteiger partial charge < -0.3 is 0 Å².